The fraction of sp³-hybridized carbons (Fsp3) is 0. The van der Waals surface area contributed by atoms with E-state index < -0.39 is 7.92 Å². The van der Waals surface area contributed by atoms with Gasteiger partial charge >= 0.3 is 0 Å². The molecule has 0 aromatic heterocycles. The molecule has 7 aromatic rings. The Morgan fingerprint density at radius 3 is 1.36 bits per heavy atom. The van der Waals surface area contributed by atoms with Crippen LogP contribution >= 0.6 is 7.92 Å². The predicted octanol–water partition coefficient (Wildman–Crippen LogP) is 9.42. The molecular formula is C38H23N2OP. The fourth-order valence-electron chi connectivity index (χ4n) is 7.08. The third-order valence-corrected chi connectivity index (χ3v) is 11.4. The van der Waals surface area contributed by atoms with Gasteiger partial charge in [0, 0.05) is 35.4 Å². The van der Waals surface area contributed by atoms with Crippen LogP contribution in [0.15, 0.2) is 140 Å². The number of rotatable bonds is 2. The molecule has 3 nitrogen and oxygen atoms in total. The van der Waals surface area contributed by atoms with E-state index in [0.717, 1.165) is 22.9 Å². The smallest absolute Gasteiger partial charge is 0.145 e. The minimum Gasteiger partial charge on any atom is -0.455 e. The van der Waals surface area contributed by atoms with Crippen LogP contribution in [0.2, 0.25) is 0 Å². The van der Waals surface area contributed by atoms with E-state index in [1.807, 2.05) is 0 Å². The molecule has 4 heteroatoms. The average molecular weight is 555 g/mol. The first-order chi connectivity index (χ1) is 20.9. The average Bonchev–Trinajstić information content (AvgIpc) is 3.05. The Kier molecular flexibility index (Phi) is 4.42. The highest BCUT2D eigenvalue weighted by Crippen LogP contribution is 2.63. The van der Waals surface area contributed by atoms with Gasteiger partial charge in [0.2, 0.25) is 0 Å². The Bertz CT molecular complexity index is 2090. The van der Waals surface area contributed by atoms with Gasteiger partial charge in [0.05, 0.1) is 33.4 Å². The number of fused-ring (bicyclic) bond motifs is 4. The van der Waals surface area contributed by atoms with Crippen molar-refractivity contribution in [3.8, 4) is 11.5 Å². The minimum absolute atomic E-state index is 0.892. The Labute approximate surface area is 244 Å². The van der Waals surface area contributed by atoms with Crippen LogP contribution in [0.4, 0.5) is 34.1 Å². The van der Waals surface area contributed by atoms with Gasteiger partial charge in [0.1, 0.15) is 11.5 Å². The Hall–Kier alpha value is -5.11. The maximum Gasteiger partial charge on any atom is 0.145 e. The first kappa shape index (κ1) is 22.6. The van der Waals surface area contributed by atoms with E-state index in [2.05, 4.69) is 149 Å². The van der Waals surface area contributed by atoms with Gasteiger partial charge in [0.15, 0.2) is 0 Å². The molecule has 3 aliphatic rings. The van der Waals surface area contributed by atoms with Crippen molar-refractivity contribution in [1.29, 1.82) is 0 Å². The van der Waals surface area contributed by atoms with E-state index in [1.165, 1.54) is 60.2 Å². The largest absolute Gasteiger partial charge is 0.455 e. The zero-order chi connectivity index (χ0) is 27.4. The van der Waals surface area contributed by atoms with E-state index in [9.17, 15) is 0 Å². The number of para-hydroxylation sites is 2. The summed E-state index contributed by atoms with van der Waals surface area (Å²) in [7, 11) is -0.892. The van der Waals surface area contributed by atoms with Crippen LogP contribution in [0.1, 0.15) is 0 Å². The van der Waals surface area contributed by atoms with Gasteiger partial charge in [0.25, 0.3) is 0 Å². The van der Waals surface area contributed by atoms with Crippen molar-refractivity contribution < 1.29 is 4.74 Å². The van der Waals surface area contributed by atoms with Crippen LogP contribution in [0.3, 0.4) is 0 Å². The molecule has 0 atom stereocenters. The number of hydrogen-bond donors (Lipinski definition) is 0. The Balaban J connectivity index is 1.41. The standard InChI is InChI=1S/C38H23N2OP/c1-3-14-26(15-4-1)39-30-20-11-21-31-36(30)42-37-32(39)22-24-12-7-9-18-28(24)34(37)41-35-29-19-10-8-13-25(29)23-33(38(35)42)40(31)27-16-5-2-6-17-27/h1-23H. The van der Waals surface area contributed by atoms with Crippen molar-refractivity contribution >= 4 is 79.5 Å². The summed E-state index contributed by atoms with van der Waals surface area (Å²) in [4.78, 5) is 4.90. The predicted molar refractivity (Wildman–Crippen MR) is 177 cm³/mol. The molecule has 0 saturated carbocycles. The lowest BCUT2D eigenvalue weighted by Crippen LogP contribution is -2.43. The third-order valence-electron chi connectivity index (χ3n) is 8.77. The van der Waals surface area contributed by atoms with E-state index in [4.69, 9.17) is 4.74 Å². The first-order valence-corrected chi connectivity index (χ1v) is 15.6. The van der Waals surface area contributed by atoms with Crippen molar-refractivity contribution in [3.63, 3.8) is 0 Å². The summed E-state index contributed by atoms with van der Waals surface area (Å²) < 4.78 is 7.21. The number of hydrogen-bond acceptors (Lipinski definition) is 3. The second-order valence-corrected chi connectivity index (χ2v) is 13.0. The normalized spacial score (nSPS) is 14.2. The SMILES string of the molecule is c1ccc(N2c3cccc4c3P3c5c2cc2ccccc2c5Oc2c3c(cc3ccccc23)N4c2ccccc2)cc1. The molecule has 0 fully saturated rings. The molecule has 10 rings (SSSR count). The second kappa shape index (κ2) is 8.22. The number of anilines is 6. The first-order valence-electron chi connectivity index (χ1n) is 14.3. The number of ether oxygens (including phenoxy) is 1. The lowest BCUT2D eigenvalue weighted by molar-refractivity contribution is 0.500. The number of nitrogens with zero attached hydrogens (tertiary/aromatic N) is 2. The Morgan fingerprint density at radius 2 is 0.857 bits per heavy atom. The zero-order valence-electron chi connectivity index (χ0n) is 22.5. The summed E-state index contributed by atoms with van der Waals surface area (Å²) in [6.45, 7) is 0. The minimum atomic E-state index is -0.892. The molecule has 0 spiro atoms. The molecule has 7 aromatic carbocycles. The lowest BCUT2D eigenvalue weighted by Gasteiger charge is -2.47. The highest BCUT2D eigenvalue weighted by molar-refractivity contribution is 7.82. The molecule has 0 N–H and O–H groups in total. The van der Waals surface area contributed by atoms with Gasteiger partial charge in [-0.3, -0.25) is 0 Å². The van der Waals surface area contributed by atoms with Crippen molar-refractivity contribution in [3.05, 3.63) is 140 Å². The van der Waals surface area contributed by atoms with Crippen molar-refractivity contribution in [1.82, 2.24) is 0 Å². The number of benzene rings is 7. The topological polar surface area (TPSA) is 15.7 Å². The van der Waals surface area contributed by atoms with Crippen LogP contribution in [0.25, 0.3) is 21.5 Å². The van der Waals surface area contributed by atoms with Gasteiger partial charge < -0.3 is 14.5 Å². The van der Waals surface area contributed by atoms with E-state index in [1.54, 1.807) is 0 Å². The molecule has 196 valence electrons. The molecule has 0 radical (unpaired) electrons. The fourth-order valence-corrected chi connectivity index (χ4v) is 10.1. The Morgan fingerprint density at radius 1 is 0.405 bits per heavy atom. The third kappa shape index (κ3) is 2.84. The van der Waals surface area contributed by atoms with Gasteiger partial charge in [-0.25, -0.2) is 0 Å². The molecule has 0 bridgehead atoms. The van der Waals surface area contributed by atoms with Crippen LogP contribution in [-0.4, -0.2) is 0 Å². The van der Waals surface area contributed by atoms with E-state index in [-0.39, 0.29) is 0 Å². The van der Waals surface area contributed by atoms with Crippen molar-refractivity contribution in [2.75, 3.05) is 9.80 Å². The molecule has 0 unspecified atom stereocenters. The van der Waals surface area contributed by atoms with Gasteiger partial charge in [-0.05, 0) is 59.3 Å². The van der Waals surface area contributed by atoms with Crippen LogP contribution < -0.4 is 30.5 Å². The monoisotopic (exact) mass is 554 g/mol. The highest BCUT2D eigenvalue weighted by Gasteiger charge is 2.47. The maximum absolute atomic E-state index is 7.21. The summed E-state index contributed by atoms with van der Waals surface area (Å²) in [5.41, 5.74) is 7.21. The van der Waals surface area contributed by atoms with Crippen LogP contribution in [0, 0.1) is 0 Å². The summed E-state index contributed by atoms with van der Waals surface area (Å²) in [5, 5.41) is 8.71. The summed E-state index contributed by atoms with van der Waals surface area (Å²) in [5.74, 6) is 2.00. The summed E-state index contributed by atoms with van der Waals surface area (Å²) in [6.07, 6.45) is 0. The molecule has 42 heavy (non-hydrogen) atoms. The lowest BCUT2D eigenvalue weighted by atomic mass is 10.0. The molecule has 3 heterocycles. The van der Waals surface area contributed by atoms with Crippen LogP contribution in [-0.2, 0) is 0 Å². The molecule has 3 aliphatic heterocycles. The van der Waals surface area contributed by atoms with Crippen LogP contribution in [0.5, 0.6) is 11.5 Å². The van der Waals surface area contributed by atoms with Gasteiger partial charge in [-0.1, -0.05) is 91.0 Å². The zero-order valence-corrected chi connectivity index (χ0v) is 23.4. The van der Waals surface area contributed by atoms with E-state index >= 15 is 0 Å². The van der Waals surface area contributed by atoms with E-state index in [0.29, 0.717) is 0 Å². The summed E-state index contributed by atoms with van der Waals surface area (Å²) in [6, 6.07) is 50.4. The van der Waals surface area contributed by atoms with Crippen molar-refractivity contribution in [2.45, 2.75) is 0 Å². The molecule has 0 amide bonds. The highest BCUT2D eigenvalue weighted by atomic mass is 31.1. The molecule has 0 saturated heterocycles. The van der Waals surface area contributed by atoms with Gasteiger partial charge in [-0.15, -0.1) is 0 Å². The molecular weight excluding hydrogens is 531 g/mol. The summed E-state index contributed by atoms with van der Waals surface area (Å²) >= 11 is 0. The van der Waals surface area contributed by atoms with Gasteiger partial charge in [-0.2, -0.15) is 0 Å². The van der Waals surface area contributed by atoms with Crippen molar-refractivity contribution in [2.24, 2.45) is 0 Å². The second-order valence-electron chi connectivity index (χ2n) is 11.0. The quantitative estimate of drug-likeness (QED) is 0.198. The maximum atomic E-state index is 7.21. The molecule has 0 aliphatic carbocycles.